The molecule has 0 aliphatic carbocycles. The number of aryl methyl sites for hydroxylation is 1. The van der Waals surface area contributed by atoms with Crippen LogP contribution in [0.3, 0.4) is 0 Å². The fourth-order valence-corrected chi connectivity index (χ4v) is 2.64. The molecule has 0 spiro atoms. The van der Waals surface area contributed by atoms with Gasteiger partial charge in [-0.2, -0.15) is 4.31 Å². The molecule has 0 aliphatic rings. The van der Waals surface area contributed by atoms with Crippen LogP contribution in [0.1, 0.15) is 11.4 Å². The van der Waals surface area contributed by atoms with Gasteiger partial charge in [0.2, 0.25) is 10.0 Å². The summed E-state index contributed by atoms with van der Waals surface area (Å²) in [6.45, 7) is 2.18. The molecule has 0 bridgehead atoms. The van der Waals surface area contributed by atoms with Crippen molar-refractivity contribution < 1.29 is 8.42 Å². The molecule has 0 atom stereocenters. The summed E-state index contributed by atoms with van der Waals surface area (Å²) in [6, 6.07) is 5.56. The summed E-state index contributed by atoms with van der Waals surface area (Å²) in [5.74, 6) is 0. The number of hydrogen-bond acceptors (Lipinski definition) is 3. The number of hydrogen-bond donors (Lipinski definition) is 0. The summed E-state index contributed by atoms with van der Waals surface area (Å²) in [5.41, 5.74) is 1.64. The molecule has 4 nitrogen and oxygen atoms in total. The summed E-state index contributed by atoms with van der Waals surface area (Å²) in [4.78, 5) is 4.24. The first-order valence-electron chi connectivity index (χ1n) is 4.38. The molecule has 0 aliphatic heterocycles. The smallest absolute Gasteiger partial charge is 0.224 e. The largest absolute Gasteiger partial charge is 0.257 e. The molecule has 0 radical (unpaired) electrons. The first-order chi connectivity index (χ1) is 6.95. The highest BCUT2D eigenvalue weighted by Crippen LogP contribution is 2.07. The first kappa shape index (κ1) is 12.6. The van der Waals surface area contributed by atoms with Gasteiger partial charge in [0.15, 0.2) is 0 Å². The number of nitrogens with zero attached hydrogens (tertiary/aromatic N) is 2. The lowest BCUT2D eigenvalue weighted by Crippen LogP contribution is -2.27. The van der Waals surface area contributed by atoms with Gasteiger partial charge in [0, 0.05) is 12.7 Å². The molecule has 0 unspecified atom stereocenters. The minimum absolute atomic E-state index is 0.0671. The number of aromatic nitrogens is 1. The van der Waals surface area contributed by atoms with Crippen molar-refractivity contribution in [2.24, 2.45) is 0 Å². The molecule has 0 amide bonds. The third-order valence-electron chi connectivity index (χ3n) is 1.94. The average Bonchev–Trinajstić information content (AvgIpc) is 2.17. The average molecular weight is 293 g/mol. The number of pyridine rings is 1. The zero-order valence-corrected chi connectivity index (χ0v) is 11.0. The highest BCUT2D eigenvalue weighted by molar-refractivity contribution is 9.10. The fourth-order valence-electron chi connectivity index (χ4n) is 1.10. The van der Waals surface area contributed by atoms with Gasteiger partial charge in [0.1, 0.15) is 4.66 Å². The van der Waals surface area contributed by atoms with E-state index < -0.39 is 10.0 Å². The Kier molecular flexibility index (Phi) is 4.24. The number of alkyl halides is 1. The summed E-state index contributed by atoms with van der Waals surface area (Å²) in [7, 11) is -1.66. The molecular weight excluding hydrogens is 280 g/mol. The molecule has 0 fully saturated rings. The van der Waals surface area contributed by atoms with Crippen molar-refractivity contribution in [2.75, 3.05) is 11.7 Å². The Morgan fingerprint density at radius 1 is 1.47 bits per heavy atom. The Hall–Kier alpha value is -0.460. The maximum atomic E-state index is 11.4. The van der Waals surface area contributed by atoms with Gasteiger partial charge in [0.25, 0.3) is 0 Å². The van der Waals surface area contributed by atoms with Crippen LogP contribution in [0.5, 0.6) is 0 Å². The SMILES string of the molecule is Cc1cccc(CN(C)S(=O)(=O)CBr)n1. The van der Waals surface area contributed by atoms with E-state index in [1.807, 2.05) is 25.1 Å². The maximum Gasteiger partial charge on any atom is 0.224 e. The zero-order chi connectivity index (χ0) is 11.5. The van der Waals surface area contributed by atoms with E-state index in [9.17, 15) is 8.42 Å². The second kappa shape index (κ2) is 5.05. The summed E-state index contributed by atoms with van der Waals surface area (Å²) < 4.78 is 24.1. The van der Waals surface area contributed by atoms with Gasteiger partial charge in [0.05, 0.1) is 12.2 Å². The van der Waals surface area contributed by atoms with Crippen LogP contribution in [0.15, 0.2) is 18.2 Å². The van der Waals surface area contributed by atoms with Crippen LogP contribution in [0.2, 0.25) is 0 Å². The lowest BCUT2D eigenvalue weighted by Gasteiger charge is -2.14. The fraction of sp³-hybridized carbons (Fsp3) is 0.444. The first-order valence-corrected chi connectivity index (χ1v) is 7.11. The van der Waals surface area contributed by atoms with Crippen molar-refractivity contribution in [1.82, 2.24) is 9.29 Å². The predicted octanol–water partition coefficient (Wildman–Crippen LogP) is 1.50. The molecule has 0 aromatic carbocycles. The number of halogens is 1. The quantitative estimate of drug-likeness (QED) is 0.791. The summed E-state index contributed by atoms with van der Waals surface area (Å²) >= 11 is 2.95. The Balaban J connectivity index is 2.79. The highest BCUT2D eigenvalue weighted by atomic mass is 79.9. The van der Waals surface area contributed by atoms with Crippen molar-refractivity contribution in [3.05, 3.63) is 29.6 Å². The van der Waals surface area contributed by atoms with E-state index in [0.29, 0.717) is 6.54 Å². The van der Waals surface area contributed by atoms with E-state index in [0.717, 1.165) is 11.4 Å². The number of rotatable bonds is 4. The summed E-state index contributed by atoms with van der Waals surface area (Å²) in [6.07, 6.45) is 0. The van der Waals surface area contributed by atoms with E-state index in [1.165, 1.54) is 4.31 Å². The lowest BCUT2D eigenvalue weighted by molar-refractivity contribution is 0.466. The number of sulfonamides is 1. The standard InChI is InChI=1S/C9H13BrN2O2S/c1-8-4-3-5-9(11-8)6-12(2)15(13,14)7-10/h3-5H,6-7H2,1-2H3. The van der Waals surface area contributed by atoms with E-state index >= 15 is 0 Å². The Morgan fingerprint density at radius 3 is 2.67 bits per heavy atom. The highest BCUT2D eigenvalue weighted by Gasteiger charge is 2.16. The topological polar surface area (TPSA) is 50.3 Å². The van der Waals surface area contributed by atoms with Gasteiger partial charge >= 0.3 is 0 Å². The molecule has 84 valence electrons. The Morgan fingerprint density at radius 2 is 2.13 bits per heavy atom. The van der Waals surface area contributed by atoms with Gasteiger partial charge in [-0.1, -0.05) is 22.0 Å². The minimum Gasteiger partial charge on any atom is -0.257 e. The van der Waals surface area contributed by atoms with Crippen LogP contribution in [0.4, 0.5) is 0 Å². The maximum absolute atomic E-state index is 11.4. The third kappa shape index (κ3) is 3.55. The van der Waals surface area contributed by atoms with Crippen molar-refractivity contribution in [2.45, 2.75) is 13.5 Å². The molecular formula is C9H13BrN2O2S. The van der Waals surface area contributed by atoms with Crippen molar-refractivity contribution >= 4 is 26.0 Å². The van der Waals surface area contributed by atoms with E-state index in [2.05, 4.69) is 20.9 Å². The Bertz CT molecular complexity index is 433. The van der Waals surface area contributed by atoms with Gasteiger partial charge in [-0.05, 0) is 19.1 Å². The molecule has 1 heterocycles. The van der Waals surface area contributed by atoms with Crippen molar-refractivity contribution in [3.8, 4) is 0 Å². The molecule has 0 N–H and O–H groups in total. The Labute approximate surface area is 98.5 Å². The van der Waals surface area contributed by atoms with Crippen LogP contribution in [0.25, 0.3) is 0 Å². The molecule has 0 saturated carbocycles. The third-order valence-corrected chi connectivity index (χ3v) is 5.03. The van der Waals surface area contributed by atoms with Gasteiger partial charge in [-0.3, -0.25) is 4.98 Å². The summed E-state index contributed by atoms with van der Waals surface area (Å²) in [5, 5.41) is 0. The van der Waals surface area contributed by atoms with E-state index in [-0.39, 0.29) is 4.66 Å². The molecule has 15 heavy (non-hydrogen) atoms. The molecule has 0 saturated heterocycles. The van der Waals surface area contributed by atoms with Gasteiger partial charge in [-0.25, -0.2) is 8.42 Å². The van der Waals surface area contributed by atoms with Gasteiger partial charge in [-0.15, -0.1) is 0 Å². The van der Waals surface area contributed by atoms with Crippen molar-refractivity contribution in [3.63, 3.8) is 0 Å². The molecule has 6 heteroatoms. The minimum atomic E-state index is -3.20. The zero-order valence-electron chi connectivity index (χ0n) is 8.64. The van der Waals surface area contributed by atoms with E-state index in [1.54, 1.807) is 7.05 Å². The van der Waals surface area contributed by atoms with Crippen LogP contribution in [-0.2, 0) is 16.6 Å². The van der Waals surface area contributed by atoms with Crippen LogP contribution in [-0.4, -0.2) is 29.4 Å². The second-order valence-corrected chi connectivity index (χ2v) is 6.63. The van der Waals surface area contributed by atoms with Crippen LogP contribution in [0, 0.1) is 6.92 Å². The normalized spacial score (nSPS) is 12.0. The van der Waals surface area contributed by atoms with Crippen molar-refractivity contribution in [1.29, 1.82) is 0 Å². The van der Waals surface area contributed by atoms with Crippen LogP contribution >= 0.6 is 15.9 Å². The monoisotopic (exact) mass is 292 g/mol. The lowest BCUT2D eigenvalue weighted by atomic mass is 10.3. The molecule has 1 aromatic heterocycles. The second-order valence-electron chi connectivity index (χ2n) is 3.25. The predicted molar refractivity (Wildman–Crippen MR) is 63.2 cm³/mol. The van der Waals surface area contributed by atoms with Gasteiger partial charge < -0.3 is 0 Å². The van der Waals surface area contributed by atoms with Crippen LogP contribution < -0.4 is 0 Å². The van der Waals surface area contributed by atoms with E-state index in [4.69, 9.17) is 0 Å². The molecule has 1 rings (SSSR count). The molecule has 1 aromatic rings.